The molecule has 0 aliphatic carbocycles. The van der Waals surface area contributed by atoms with E-state index in [-0.39, 0.29) is 5.91 Å². The molecule has 0 bridgehead atoms. The number of likely N-dealkylation sites (tertiary alicyclic amines) is 1. The van der Waals surface area contributed by atoms with Crippen LogP contribution in [0.4, 0.5) is 0 Å². The van der Waals surface area contributed by atoms with E-state index in [0.29, 0.717) is 12.0 Å². The highest BCUT2D eigenvalue weighted by Crippen LogP contribution is 2.27. The number of fused-ring (bicyclic) bond motifs is 1. The minimum absolute atomic E-state index is 0.198. The standard InChI is InChI=1S/C14H18N2O/c17-14(11-5-2-1-3-6-11)16-8-4-7-12-9-15-10-13(12)16/h1-3,5-6,12-13,15H,4,7-10H2. The number of hydrogen-bond donors (Lipinski definition) is 1. The molecular weight excluding hydrogens is 212 g/mol. The Hall–Kier alpha value is -1.35. The van der Waals surface area contributed by atoms with Crippen molar-refractivity contribution in [3.63, 3.8) is 0 Å². The largest absolute Gasteiger partial charge is 0.334 e. The van der Waals surface area contributed by atoms with Gasteiger partial charge in [0, 0.05) is 31.2 Å². The van der Waals surface area contributed by atoms with Crippen LogP contribution in [0, 0.1) is 5.92 Å². The first-order chi connectivity index (χ1) is 8.36. The Labute approximate surface area is 102 Å². The van der Waals surface area contributed by atoms with Gasteiger partial charge in [-0.05, 0) is 30.9 Å². The number of benzene rings is 1. The molecule has 3 heteroatoms. The molecule has 2 unspecified atom stereocenters. The van der Waals surface area contributed by atoms with Gasteiger partial charge >= 0.3 is 0 Å². The van der Waals surface area contributed by atoms with Crippen LogP contribution in [0.15, 0.2) is 30.3 Å². The minimum Gasteiger partial charge on any atom is -0.334 e. The third-order valence-electron chi connectivity index (χ3n) is 3.96. The molecule has 1 aromatic rings. The van der Waals surface area contributed by atoms with Crippen LogP contribution in [-0.4, -0.2) is 36.5 Å². The van der Waals surface area contributed by atoms with Crippen LogP contribution >= 0.6 is 0 Å². The molecule has 2 aliphatic rings. The SMILES string of the molecule is O=C(c1ccccc1)N1CCCC2CNCC21. The van der Waals surface area contributed by atoms with Crippen LogP contribution in [0.3, 0.4) is 0 Å². The van der Waals surface area contributed by atoms with Gasteiger partial charge in [-0.2, -0.15) is 0 Å². The third kappa shape index (κ3) is 1.95. The van der Waals surface area contributed by atoms with Gasteiger partial charge in [0.2, 0.25) is 0 Å². The number of carbonyl (C=O) groups excluding carboxylic acids is 1. The van der Waals surface area contributed by atoms with Gasteiger partial charge in [0.15, 0.2) is 0 Å². The van der Waals surface area contributed by atoms with Crippen molar-refractivity contribution >= 4 is 5.91 Å². The summed E-state index contributed by atoms with van der Waals surface area (Å²) >= 11 is 0. The summed E-state index contributed by atoms with van der Waals surface area (Å²) in [4.78, 5) is 14.5. The molecule has 0 spiro atoms. The van der Waals surface area contributed by atoms with Crippen LogP contribution in [-0.2, 0) is 0 Å². The lowest BCUT2D eigenvalue weighted by molar-refractivity contribution is 0.0575. The summed E-state index contributed by atoms with van der Waals surface area (Å²) in [6.07, 6.45) is 2.40. The number of hydrogen-bond acceptors (Lipinski definition) is 2. The Kier molecular flexibility index (Phi) is 2.85. The molecular formula is C14H18N2O. The summed E-state index contributed by atoms with van der Waals surface area (Å²) in [6, 6.07) is 10.1. The Morgan fingerprint density at radius 1 is 1.24 bits per heavy atom. The predicted octanol–water partition coefficient (Wildman–Crippen LogP) is 1.51. The van der Waals surface area contributed by atoms with Crippen molar-refractivity contribution in [1.29, 1.82) is 0 Å². The van der Waals surface area contributed by atoms with Gasteiger partial charge in [0.25, 0.3) is 5.91 Å². The highest BCUT2D eigenvalue weighted by molar-refractivity contribution is 5.94. The van der Waals surface area contributed by atoms with E-state index in [1.165, 1.54) is 6.42 Å². The maximum absolute atomic E-state index is 12.4. The van der Waals surface area contributed by atoms with E-state index < -0.39 is 0 Å². The zero-order valence-corrected chi connectivity index (χ0v) is 9.93. The van der Waals surface area contributed by atoms with E-state index in [2.05, 4.69) is 10.2 Å². The van der Waals surface area contributed by atoms with Crippen molar-refractivity contribution in [2.24, 2.45) is 5.92 Å². The van der Waals surface area contributed by atoms with Crippen LogP contribution in [0.25, 0.3) is 0 Å². The van der Waals surface area contributed by atoms with Crippen LogP contribution in [0.5, 0.6) is 0 Å². The quantitative estimate of drug-likeness (QED) is 0.793. The summed E-state index contributed by atoms with van der Waals surface area (Å²) in [7, 11) is 0. The predicted molar refractivity (Wildman–Crippen MR) is 66.9 cm³/mol. The molecule has 1 amide bonds. The second kappa shape index (κ2) is 4.49. The fraction of sp³-hybridized carbons (Fsp3) is 0.500. The molecule has 2 atom stereocenters. The summed E-state index contributed by atoms with van der Waals surface area (Å²) in [5, 5.41) is 3.41. The third-order valence-corrected chi connectivity index (χ3v) is 3.96. The summed E-state index contributed by atoms with van der Waals surface area (Å²) in [6.45, 7) is 2.95. The first kappa shape index (κ1) is 10.8. The second-order valence-corrected chi connectivity index (χ2v) is 4.99. The lowest BCUT2D eigenvalue weighted by atomic mass is 9.91. The molecule has 0 saturated carbocycles. The van der Waals surface area contributed by atoms with E-state index >= 15 is 0 Å². The number of rotatable bonds is 1. The van der Waals surface area contributed by atoms with Gasteiger partial charge in [0.1, 0.15) is 0 Å². The topological polar surface area (TPSA) is 32.3 Å². The van der Waals surface area contributed by atoms with E-state index in [1.54, 1.807) is 0 Å². The summed E-state index contributed by atoms with van der Waals surface area (Å²) in [5.74, 6) is 0.861. The van der Waals surface area contributed by atoms with E-state index in [4.69, 9.17) is 0 Å². The minimum atomic E-state index is 0.198. The normalized spacial score (nSPS) is 27.9. The molecule has 0 radical (unpaired) electrons. The lowest BCUT2D eigenvalue weighted by Gasteiger charge is -2.37. The first-order valence-electron chi connectivity index (χ1n) is 6.43. The molecule has 1 N–H and O–H groups in total. The van der Waals surface area contributed by atoms with E-state index in [9.17, 15) is 4.79 Å². The highest BCUT2D eigenvalue weighted by Gasteiger charge is 2.37. The molecule has 2 heterocycles. The average Bonchev–Trinajstić information content (AvgIpc) is 2.87. The maximum atomic E-state index is 12.4. The molecule has 3 rings (SSSR count). The summed E-state index contributed by atoms with van der Waals surface area (Å²) < 4.78 is 0. The van der Waals surface area contributed by atoms with Crippen molar-refractivity contribution in [3.8, 4) is 0 Å². The molecule has 1 aromatic carbocycles. The molecule has 2 aliphatic heterocycles. The van der Waals surface area contributed by atoms with Crippen molar-refractivity contribution in [1.82, 2.24) is 10.2 Å². The number of piperidine rings is 1. The fourth-order valence-electron chi connectivity index (χ4n) is 3.07. The monoisotopic (exact) mass is 230 g/mol. The smallest absolute Gasteiger partial charge is 0.254 e. The fourth-order valence-corrected chi connectivity index (χ4v) is 3.07. The summed E-state index contributed by atoms with van der Waals surface area (Å²) in [5.41, 5.74) is 0.819. The zero-order chi connectivity index (χ0) is 11.7. The molecule has 2 saturated heterocycles. The average molecular weight is 230 g/mol. The van der Waals surface area contributed by atoms with Gasteiger partial charge in [-0.1, -0.05) is 18.2 Å². The number of amides is 1. The van der Waals surface area contributed by atoms with Crippen molar-refractivity contribution in [2.75, 3.05) is 19.6 Å². The van der Waals surface area contributed by atoms with Gasteiger partial charge in [-0.15, -0.1) is 0 Å². The van der Waals surface area contributed by atoms with Crippen molar-refractivity contribution in [2.45, 2.75) is 18.9 Å². The molecule has 17 heavy (non-hydrogen) atoms. The number of nitrogens with zero attached hydrogens (tertiary/aromatic N) is 1. The highest BCUT2D eigenvalue weighted by atomic mass is 16.2. The Morgan fingerprint density at radius 2 is 2.06 bits per heavy atom. The van der Waals surface area contributed by atoms with Gasteiger partial charge < -0.3 is 10.2 Å². The van der Waals surface area contributed by atoms with Crippen molar-refractivity contribution < 1.29 is 4.79 Å². The molecule has 2 fully saturated rings. The maximum Gasteiger partial charge on any atom is 0.254 e. The van der Waals surface area contributed by atoms with Crippen LogP contribution in [0.1, 0.15) is 23.2 Å². The van der Waals surface area contributed by atoms with Gasteiger partial charge in [-0.25, -0.2) is 0 Å². The van der Waals surface area contributed by atoms with E-state index in [1.807, 2.05) is 30.3 Å². The van der Waals surface area contributed by atoms with Gasteiger partial charge in [0.05, 0.1) is 0 Å². The second-order valence-electron chi connectivity index (χ2n) is 4.99. The van der Waals surface area contributed by atoms with Gasteiger partial charge in [-0.3, -0.25) is 4.79 Å². The Bertz CT molecular complexity index is 404. The lowest BCUT2D eigenvalue weighted by Crippen LogP contribution is -2.48. The Morgan fingerprint density at radius 3 is 2.88 bits per heavy atom. The van der Waals surface area contributed by atoms with Crippen LogP contribution in [0.2, 0.25) is 0 Å². The molecule has 0 aromatic heterocycles. The number of nitrogens with one attached hydrogen (secondary N) is 1. The molecule has 90 valence electrons. The van der Waals surface area contributed by atoms with E-state index in [0.717, 1.165) is 31.6 Å². The van der Waals surface area contributed by atoms with Crippen molar-refractivity contribution in [3.05, 3.63) is 35.9 Å². The zero-order valence-electron chi connectivity index (χ0n) is 9.93. The Balaban J connectivity index is 1.81. The first-order valence-corrected chi connectivity index (χ1v) is 6.43. The van der Waals surface area contributed by atoms with Crippen LogP contribution < -0.4 is 5.32 Å². The number of carbonyl (C=O) groups is 1. The molecule has 3 nitrogen and oxygen atoms in total.